The largest absolute Gasteiger partial charge is 0.310 e. The van der Waals surface area contributed by atoms with Crippen LogP contribution >= 0.6 is 27.3 Å². The lowest BCUT2D eigenvalue weighted by Gasteiger charge is -2.14. The zero-order valence-corrected chi connectivity index (χ0v) is 12.2. The smallest absolute Gasteiger partial charge is 0.0291 e. The number of halogens is 1. The third kappa shape index (κ3) is 3.95. The Hall–Kier alpha value is -0.640. The molecule has 0 amide bonds. The molecule has 0 aliphatic carbocycles. The molecule has 1 aromatic heterocycles. The monoisotopic (exact) mass is 309 g/mol. The first kappa shape index (κ1) is 12.8. The Morgan fingerprint density at radius 1 is 1.24 bits per heavy atom. The average molecular weight is 310 g/mol. The van der Waals surface area contributed by atoms with Crippen LogP contribution in [-0.4, -0.2) is 6.54 Å². The van der Waals surface area contributed by atoms with Gasteiger partial charge in [-0.05, 0) is 60.0 Å². The van der Waals surface area contributed by atoms with E-state index in [1.54, 1.807) is 11.3 Å². The summed E-state index contributed by atoms with van der Waals surface area (Å²) in [6, 6.07) is 11.1. The molecule has 2 rings (SSSR count). The van der Waals surface area contributed by atoms with Crippen LogP contribution in [-0.2, 0) is 6.42 Å². The van der Waals surface area contributed by atoms with Crippen LogP contribution in [0.3, 0.4) is 0 Å². The summed E-state index contributed by atoms with van der Waals surface area (Å²) in [7, 11) is 0. The molecular weight excluding hydrogens is 294 g/mol. The number of hydrogen-bond acceptors (Lipinski definition) is 2. The van der Waals surface area contributed by atoms with Crippen molar-refractivity contribution < 1.29 is 0 Å². The molecule has 1 aromatic carbocycles. The van der Waals surface area contributed by atoms with Crippen LogP contribution in [0.15, 0.2) is 45.6 Å². The molecule has 0 saturated heterocycles. The van der Waals surface area contributed by atoms with Crippen LogP contribution in [0.4, 0.5) is 0 Å². The minimum absolute atomic E-state index is 0.404. The molecule has 3 heteroatoms. The van der Waals surface area contributed by atoms with Gasteiger partial charge in [0, 0.05) is 10.5 Å². The van der Waals surface area contributed by atoms with Gasteiger partial charge in [0.2, 0.25) is 0 Å². The first-order chi connectivity index (χ1) is 8.25. The van der Waals surface area contributed by atoms with Crippen LogP contribution in [0, 0.1) is 0 Å². The van der Waals surface area contributed by atoms with E-state index in [1.807, 2.05) is 0 Å². The van der Waals surface area contributed by atoms with Crippen molar-refractivity contribution in [2.45, 2.75) is 19.4 Å². The van der Waals surface area contributed by atoms with Crippen LogP contribution in [0.1, 0.15) is 24.1 Å². The van der Waals surface area contributed by atoms with Gasteiger partial charge in [-0.15, -0.1) is 0 Å². The maximum atomic E-state index is 3.55. The lowest BCUT2D eigenvalue weighted by Crippen LogP contribution is -2.21. The van der Waals surface area contributed by atoms with Crippen molar-refractivity contribution in [2.24, 2.45) is 0 Å². The van der Waals surface area contributed by atoms with Gasteiger partial charge in [-0.25, -0.2) is 0 Å². The van der Waals surface area contributed by atoms with E-state index in [9.17, 15) is 0 Å². The normalized spacial score (nSPS) is 12.6. The molecule has 1 atom stereocenters. The van der Waals surface area contributed by atoms with E-state index in [1.165, 1.54) is 11.1 Å². The van der Waals surface area contributed by atoms with Crippen molar-refractivity contribution in [3.8, 4) is 0 Å². The summed E-state index contributed by atoms with van der Waals surface area (Å²) in [6.07, 6.45) is 1.10. The van der Waals surface area contributed by atoms with E-state index in [0.717, 1.165) is 17.4 Å². The maximum absolute atomic E-state index is 3.55. The maximum Gasteiger partial charge on any atom is 0.0291 e. The molecule has 17 heavy (non-hydrogen) atoms. The molecule has 0 aliphatic rings. The molecule has 0 aliphatic heterocycles. The minimum Gasteiger partial charge on any atom is -0.310 e. The van der Waals surface area contributed by atoms with E-state index >= 15 is 0 Å². The quantitative estimate of drug-likeness (QED) is 0.863. The molecule has 0 unspecified atom stereocenters. The SMILES string of the molecule is C[C@@H](NCCc1ccsc1)c1ccc(Br)cc1. The van der Waals surface area contributed by atoms with Gasteiger partial charge in [0.1, 0.15) is 0 Å². The van der Waals surface area contributed by atoms with Gasteiger partial charge in [-0.1, -0.05) is 28.1 Å². The van der Waals surface area contributed by atoms with E-state index in [2.05, 4.69) is 69.3 Å². The Bertz CT molecular complexity index is 436. The van der Waals surface area contributed by atoms with Gasteiger partial charge in [0.15, 0.2) is 0 Å². The van der Waals surface area contributed by atoms with E-state index in [0.29, 0.717) is 6.04 Å². The summed E-state index contributed by atoms with van der Waals surface area (Å²) >= 11 is 5.22. The standard InChI is InChI=1S/C14H16BrNS/c1-11(13-2-4-14(15)5-3-13)16-8-6-12-7-9-17-10-12/h2-5,7,9-11,16H,6,8H2,1H3/t11-/m1/s1. The van der Waals surface area contributed by atoms with Gasteiger partial charge >= 0.3 is 0 Å². The molecule has 1 nitrogen and oxygen atoms in total. The highest BCUT2D eigenvalue weighted by molar-refractivity contribution is 9.10. The van der Waals surface area contributed by atoms with Crippen molar-refractivity contribution in [3.05, 3.63) is 56.7 Å². The lowest BCUT2D eigenvalue weighted by atomic mass is 10.1. The Kier molecular flexibility index (Phi) is 4.77. The molecule has 0 fully saturated rings. The number of nitrogens with one attached hydrogen (secondary N) is 1. The zero-order valence-electron chi connectivity index (χ0n) is 9.82. The molecule has 0 saturated carbocycles. The fourth-order valence-electron chi connectivity index (χ4n) is 1.74. The predicted molar refractivity (Wildman–Crippen MR) is 78.6 cm³/mol. The summed E-state index contributed by atoms with van der Waals surface area (Å²) < 4.78 is 1.13. The van der Waals surface area contributed by atoms with Crippen LogP contribution in [0.25, 0.3) is 0 Å². The lowest BCUT2D eigenvalue weighted by molar-refractivity contribution is 0.577. The van der Waals surface area contributed by atoms with Gasteiger partial charge in [0.05, 0.1) is 0 Å². The summed E-state index contributed by atoms with van der Waals surface area (Å²) in [6.45, 7) is 3.23. The Morgan fingerprint density at radius 3 is 2.65 bits per heavy atom. The third-order valence-electron chi connectivity index (χ3n) is 2.81. The average Bonchev–Trinajstić information content (AvgIpc) is 2.83. The molecular formula is C14H16BrNS. The Morgan fingerprint density at radius 2 is 2.00 bits per heavy atom. The fourth-order valence-corrected chi connectivity index (χ4v) is 2.70. The molecule has 0 bridgehead atoms. The highest BCUT2D eigenvalue weighted by atomic mass is 79.9. The second-order valence-electron chi connectivity index (χ2n) is 4.11. The van der Waals surface area contributed by atoms with Gasteiger partial charge in [0.25, 0.3) is 0 Å². The highest BCUT2D eigenvalue weighted by Gasteiger charge is 2.04. The second-order valence-corrected chi connectivity index (χ2v) is 5.80. The molecule has 0 spiro atoms. The molecule has 2 aromatic rings. The van der Waals surface area contributed by atoms with Crippen molar-refractivity contribution >= 4 is 27.3 Å². The Labute approximate surface area is 115 Å². The fraction of sp³-hybridized carbons (Fsp3) is 0.286. The van der Waals surface area contributed by atoms with Crippen molar-refractivity contribution in [1.82, 2.24) is 5.32 Å². The number of thiophene rings is 1. The highest BCUT2D eigenvalue weighted by Crippen LogP contribution is 2.16. The summed E-state index contributed by atoms with van der Waals surface area (Å²) in [5.74, 6) is 0. The number of rotatable bonds is 5. The molecule has 90 valence electrons. The summed E-state index contributed by atoms with van der Waals surface area (Å²) in [4.78, 5) is 0. The number of hydrogen-bond donors (Lipinski definition) is 1. The van der Waals surface area contributed by atoms with Crippen molar-refractivity contribution in [1.29, 1.82) is 0 Å². The van der Waals surface area contributed by atoms with E-state index in [4.69, 9.17) is 0 Å². The van der Waals surface area contributed by atoms with Crippen molar-refractivity contribution in [2.75, 3.05) is 6.54 Å². The third-order valence-corrected chi connectivity index (χ3v) is 4.08. The van der Waals surface area contributed by atoms with E-state index in [-0.39, 0.29) is 0 Å². The number of benzene rings is 1. The van der Waals surface area contributed by atoms with Crippen LogP contribution < -0.4 is 5.32 Å². The second kappa shape index (κ2) is 6.34. The Balaban J connectivity index is 1.81. The van der Waals surface area contributed by atoms with Crippen LogP contribution in [0.5, 0.6) is 0 Å². The molecule has 0 radical (unpaired) electrons. The van der Waals surface area contributed by atoms with Crippen molar-refractivity contribution in [3.63, 3.8) is 0 Å². The van der Waals surface area contributed by atoms with Gasteiger partial charge in [-0.3, -0.25) is 0 Å². The van der Waals surface area contributed by atoms with Gasteiger partial charge in [-0.2, -0.15) is 11.3 Å². The van der Waals surface area contributed by atoms with E-state index < -0.39 is 0 Å². The summed E-state index contributed by atoms with van der Waals surface area (Å²) in [5.41, 5.74) is 2.75. The first-order valence-electron chi connectivity index (χ1n) is 5.75. The first-order valence-corrected chi connectivity index (χ1v) is 7.49. The van der Waals surface area contributed by atoms with Gasteiger partial charge < -0.3 is 5.32 Å². The molecule has 1 heterocycles. The molecule has 1 N–H and O–H groups in total. The van der Waals surface area contributed by atoms with Crippen LogP contribution in [0.2, 0.25) is 0 Å². The zero-order chi connectivity index (χ0) is 12.1. The predicted octanol–water partition coefficient (Wildman–Crippen LogP) is 4.40. The topological polar surface area (TPSA) is 12.0 Å². The minimum atomic E-state index is 0.404. The summed E-state index contributed by atoms with van der Waals surface area (Å²) in [5, 5.41) is 7.89.